The Hall–Kier alpha value is -2.28. The van der Waals surface area contributed by atoms with Crippen molar-refractivity contribution in [2.45, 2.75) is 12.5 Å². The minimum atomic E-state index is -1.58. The lowest BCUT2D eigenvalue weighted by atomic mass is 10.1. The Bertz CT molecular complexity index is 530. The van der Waals surface area contributed by atoms with Crippen LogP contribution in [0.2, 0.25) is 5.02 Å². The Kier molecular flexibility index (Phi) is 4.71. The molecule has 1 aromatic rings. The maximum absolute atomic E-state index is 11.8. The van der Waals surface area contributed by atoms with Crippen LogP contribution in [0.4, 0.5) is 0 Å². The number of halogens is 1. The molecule has 0 aliphatic carbocycles. The Labute approximate surface area is 112 Å². The molecule has 0 spiro atoms. The topological polar surface area (TPSA) is 124 Å². The van der Waals surface area contributed by atoms with E-state index in [4.69, 9.17) is 21.8 Å². The van der Waals surface area contributed by atoms with E-state index < -0.39 is 30.3 Å². The van der Waals surface area contributed by atoms with Gasteiger partial charge in [0.1, 0.15) is 11.8 Å². The Balaban J connectivity index is 2.90. The summed E-state index contributed by atoms with van der Waals surface area (Å²) in [7, 11) is 0. The Morgan fingerprint density at radius 1 is 1.26 bits per heavy atom. The van der Waals surface area contributed by atoms with Crippen molar-refractivity contribution in [2.75, 3.05) is 0 Å². The summed E-state index contributed by atoms with van der Waals surface area (Å²) in [6.45, 7) is 0. The average molecular weight is 288 g/mol. The second kappa shape index (κ2) is 6.05. The first-order chi connectivity index (χ1) is 8.81. The lowest BCUT2D eigenvalue weighted by Crippen LogP contribution is -2.42. The van der Waals surface area contributed by atoms with Crippen LogP contribution in [0.25, 0.3) is 0 Å². The lowest BCUT2D eigenvalue weighted by Gasteiger charge is -2.13. The molecule has 1 aromatic carbocycles. The van der Waals surface area contributed by atoms with E-state index in [1.807, 2.05) is 5.32 Å². The lowest BCUT2D eigenvalue weighted by molar-refractivity contribution is -0.145. The van der Waals surface area contributed by atoms with Crippen molar-refractivity contribution in [3.63, 3.8) is 0 Å². The zero-order valence-electron chi connectivity index (χ0n) is 9.46. The number of aromatic hydroxyl groups is 1. The van der Waals surface area contributed by atoms with E-state index in [-0.39, 0.29) is 16.3 Å². The van der Waals surface area contributed by atoms with E-state index in [0.717, 1.165) is 6.07 Å². The second-order valence-electron chi connectivity index (χ2n) is 3.63. The number of nitrogens with one attached hydrogen (secondary N) is 1. The Morgan fingerprint density at radius 2 is 1.89 bits per heavy atom. The molecule has 0 radical (unpaired) electrons. The minimum absolute atomic E-state index is 0.00904. The SMILES string of the molecule is O=C(O)CC(NC(=O)c1cc(O)ccc1Cl)C(=O)O. The summed E-state index contributed by atoms with van der Waals surface area (Å²) < 4.78 is 0. The number of phenols is 1. The third kappa shape index (κ3) is 4.14. The fraction of sp³-hybridized carbons (Fsp3) is 0.182. The summed E-state index contributed by atoms with van der Waals surface area (Å²) in [4.78, 5) is 33.0. The molecular formula is C11H10ClNO6. The highest BCUT2D eigenvalue weighted by molar-refractivity contribution is 6.34. The van der Waals surface area contributed by atoms with Crippen LogP contribution in [0, 0.1) is 0 Å². The van der Waals surface area contributed by atoms with E-state index in [1.54, 1.807) is 0 Å². The van der Waals surface area contributed by atoms with Crippen molar-refractivity contribution in [3.05, 3.63) is 28.8 Å². The smallest absolute Gasteiger partial charge is 0.326 e. The number of phenolic OH excluding ortho intramolecular Hbond substituents is 1. The van der Waals surface area contributed by atoms with Gasteiger partial charge in [-0.25, -0.2) is 4.79 Å². The highest BCUT2D eigenvalue weighted by Crippen LogP contribution is 2.21. The summed E-state index contributed by atoms with van der Waals surface area (Å²) in [6.07, 6.45) is -0.766. The van der Waals surface area contributed by atoms with Gasteiger partial charge in [0.15, 0.2) is 0 Å². The molecule has 0 aliphatic rings. The number of carbonyl (C=O) groups excluding carboxylic acids is 1. The van der Waals surface area contributed by atoms with Gasteiger partial charge in [-0.2, -0.15) is 0 Å². The zero-order chi connectivity index (χ0) is 14.6. The normalized spacial score (nSPS) is 11.6. The molecule has 0 saturated carbocycles. The molecule has 4 N–H and O–H groups in total. The van der Waals surface area contributed by atoms with Crippen molar-refractivity contribution in [2.24, 2.45) is 0 Å². The number of hydrogen-bond acceptors (Lipinski definition) is 4. The van der Waals surface area contributed by atoms with Crippen LogP contribution in [-0.4, -0.2) is 39.2 Å². The average Bonchev–Trinajstić information content (AvgIpc) is 2.30. The van der Waals surface area contributed by atoms with Crippen LogP contribution in [-0.2, 0) is 9.59 Å². The largest absolute Gasteiger partial charge is 0.508 e. The van der Waals surface area contributed by atoms with Crippen LogP contribution < -0.4 is 5.32 Å². The molecule has 1 atom stereocenters. The van der Waals surface area contributed by atoms with Crippen molar-refractivity contribution >= 4 is 29.4 Å². The summed E-state index contributed by atoms with van der Waals surface area (Å²) in [6, 6.07) is 1.99. The molecule has 0 aliphatic heterocycles. The molecule has 0 fully saturated rings. The van der Waals surface area contributed by atoms with Crippen molar-refractivity contribution in [1.82, 2.24) is 5.32 Å². The monoisotopic (exact) mass is 287 g/mol. The van der Waals surface area contributed by atoms with E-state index in [9.17, 15) is 19.5 Å². The number of carboxylic acid groups (broad SMARTS) is 2. The zero-order valence-corrected chi connectivity index (χ0v) is 10.2. The first-order valence-corrected chi connectivity index (χ1v) is 5.43. The molecule has 8 heteroatoms. The highest BCUT2D eigenvalue weighted by Gasteiger charge is 2.24. The van der Waals surface area contributed by atoms with Crippen LogP contribution >= 0.6 is 11.6 Å². The molecule has 102 valence electrons. The van der Waals surface area contributed by atoms with Gasteiger partial charge in [0.2, 0.25) is 0 Å². The van der Waals surface area contributed by atoms with Gasteiger partial charge in [0, 0.05) is 0 Å². The highest BCUT2D eigenvalue weighted by atomic mass is 35.5. The summed E-state index contributed by atoms with van der Waals surface area (Å²) in [5, 5.41) is 28.6. The van der Waals surface area contributed by atoms with E-state index in [0.29, 0.717) is 0 Å². The third-order valence-corrected chi connectivity index (χ3v) is 2.51. The summed E-state index contributed by atoms with van der Waals surface area (Å²) in [5.74, 6) is -3.95. The number of carbonyl (C=O) groups is 3. The molecular weight excluding hydrogens is 278 g/mol. The van der Waals surface area contributed by atoms with Gasteiger partial charge in [0.05, 0.1) is 17.0 Å². The number of aliphatic carboxylic acids is 2. The molecule has 0 bridgehead atoms. The van der Waals surface area contributed by atoms with Crippen LogP contribution in [0.5, 0.6) is 5.75 Å². The fourth-order valence-corrected chi connectivity index (χ4v) is 1.50. The number of carboxylic acids is 2. The van der Waals surface area contributed by atoms with Gasteiger partial charge in [-0.05, 0) is 18.2 Å². The summed E-state index contributed by atoms with van der Waals surface area (Å²) >= 11 is 5.72. The minimum Gasteiger partial charge on any atom is -0.508 e. The third-order valence-electron chi connectivity index (χ3n) is 2.18. The molecule has 7 nitrogen and oxygen atoms in total. The first-order valence-electron chi connectivity index (χ1n) is 5.05. The number of benzene rings is 1. The molecule has 0 aromatic heterocycles. The van der Waals surface area contributed by atoms with Crippen LogP contribution in [0.15, 0.2) is 18.2 Å². The Morgan fingerprint density at radius 3 is 2.42 bits per heavy atom. The molecule has 1 unspecified atom stereocenters. The number of amides is 1. The van der Waals surface area contributed by atoms with Gasteiger partial charge in [-0.3, -0.25) is 9.59 Å². The van der Waals surface area contributed by atoms with Gasteiger partial charge in [0.25, 0.3) is 5.91 Å². The van der Waals surface area contributed by atoms with E-state index in [1.165, 1.54) is 12.1 Å². The molecule has 0 saturated heterocycles. The number of rotatable bonds is 5. The standard InChI is InChI=1S/C11H10ClNO6/c12-7-2-1-5(14)3-6(7)10(17)13-8(11(18)19)4-9(15)16/h1-3,8,14H,4H2,(H,13,17)(H,15,16)(H,18,19). The van der Waals surface area contributed by atoms with E-state index >= 15 is 0 Å². The summed E-state index contributed by atoms with van der Waals surface area (Å²) in [5.41, 5.74) is -0.140. The maximum Gasteiger partial charge on any atom is 0.326 e. The maximum atomic E-state index is 11.8. The van der Waals surface area contributed by atoms with Crippen molar-refractivity contribution in [1.29, 1.82) is 0 Å². The van der Waals surface area contributed by atoms with E-state index in [2.05, 4.69) is 0 Å². The predicted molar refractivity (Wildman–Crippen MR) is 64.3 cm³/mol. The van der Waals surface area contributed by atoms with Crippen molar-refractivity contribution < 1.29 is 29.7 Å². The molecule has 19 heavy (non-hydrogen) atoms. The first kappa shape index (κ1) is 14.8. The quantitative estimate of drug-likeness (QED) is 0.632. The molecule has 0 heterocycles. The van der Waals surface area contributed by atoms with Crippen LogP contribution in [0.3, 0.4) is 0 Å². The van der Waals surface area contributed by atoms with Crippen LogP contribution in [0.1, 0.15) is 16.8 Å². The van der Waals surface area contributed by atoms with Crippen molar-refractivity contribution in [3.8, 4) is 5.75 Å². The van der Waals surface area contributed by atoms with Gasteiger partial charge >= 0.3 is 11.9 Å². The molecule has 1 rings (SSSR count). The fourth-order valence-electron chi connectivity index (χ4n) is 1.30. The number of hydrogen-bond donors (Lipinski definition) is 4. The molecule has 1 amide bonds. The van der Waals surface area contributed by atoms with Gasteiger partial charge in [-0.1, -0.05) is 11.6 Å². The second-order valence-corrected chi connectivity index (χ2v) is 4.03. The van der Waals surface area contributed by atoms with Gasteiger partial charge in [-0.15, -0.1) is 0 Å². The van der Waals surface area contributed by atoms with Gasteiger partial charge < -0.3 is 20.6 Å². The predicted octanol–water partition coefficient (Wildman–Crippen LogP) is 0.703.